The predicted octanol–water partition coefficient (Wildman–Crippen LogP) is 4.64. The maximum atomic E-state index is 13.2. The molecule has 0 aliphatic heterocycles. The molecule has 0 bridgehead atoms. The highest BCUT2D eigenvalue weighted by Gasteiger charge is 2.33. The molecule has 10 heteroatoms. The molecule has 0 saturated heterocycles. The summed E-state index contributed by atoms with van der Waals surface area (Å²) in [7, 11) is 0. The van der Waals surface area contributed by atoms with Crippen LogP contribution in [0.4, 0.5) is 4.79 Å². The molecule has 0 heterocycles. The van der Waals surface area contributed by atoms with Crippen LogP contribution in [0.1, 0.15) is 97.9 Å². The number of unbranched alkanes of at least 4 members (excludes halogenated alkanes) is 1. The van der Waals surface area contributed by atoms with Crippen molar-refractivity contribution >= 4 is 17.9 Å². The van der Waals surface area contributed by atoms with Crippen LogP contribution in [0.2, 0.25) is 0 Å². The van der Waals surface area contributed by atoms with E-state index in [4.69, 9.17) is 15.2 Å². The number of ether oxygens (including phenoxy) is 2. The van der Waals surface area contributed by atoms with E-state index in [0.717, 1.165) is 12.8 Å². The number of hydrogen-bond acceptors (Lipinski definition) is 7. The summed E-state index contributed by atoms with van der Waals surface area (Å²) in [4.78, 5) is 39.0. The summed E-state index contributed by atoms with van der Waals surface area (Å²) in [5, 5.41) is 20.3. The van der Waals surface area contributed by atoms with Gasteiger partial charge in [-0.15, -0.1) is 0 Å². The minimum Gasteiger partial charge on any atom is -0.493 e. The Morgan fingerprint density at radius 2 is 1.65 bits per heavy atom. The van der Waals surface area contributed by atoms with Crippen molar-refractivity contribution in [3.05, 3.63) is 29.8 Å². The van der Waals surface area contributed by atoms with Gasteiger partial charge in [-0.05, 0) is 82.9 Å². The Bertz CT molecular complexity index is 978. The fourth-order valence-electron chi connectivity index (χ4n) is 4.68. The molecule has 0 aromatic heterocycles. The average Bonchev–Trinajstić information content (AvgIpc) is 2.92. The zero-order valence-corrected chi connectivity index (χ0v) is 27.7. The molecule has 1 aromatic carbocycles. The van der Waals surface area contributed by atoms with E-state index in [9.17, 15) is 19.5 Å². The average molecular weight is 607 g/mol. The van der Waals surface area contributed by atoms with Gasteiger partial charge in [0.2, 0.25) is 5.91 Å². The molecular weight excluding hydrogens is 548 g/mol. The molecule has 0 radical (unpaired) electrons. The van der Waals surface area contributed by atoms with Crippen LogP contribution >= 0.6 is 0 Å². The Balaban J connectivity index is 3.11. The molecule has 3 amide bonds. The van der Waals surface area contributed by atoms with E-state index in [1.165, 1.54) is 0 Å². The molecule has 43 heavy (non-hydrogen) atoms. The standard InChI is InChI=1S/C33H58N4O6/c1-9-10-17-35-31(40)26(23(4)5)20-28(38)27(37-32(41)43-33(6,7)8)19-24(22(2)3)21-36-30(39)25-14-11-12-15-29(25)42-18-13-16-34/h11-12,14-15,22-24,26-28,38H,9-10,13,16-21,34H2,1-8H3,(H,35,40)(H,36,39)(H,37,41)/t24-,26+,27+,28+/m1/s1. The van der Waals surface area contributed by atoms with E-state index in [1.807, 2.05) is 33.8 Å². The molecule has 0 spiro atoms. The van der Waals surface area contributed by atoms with Gasteiger partial charge in [-0.2, -0.15) is 0 Å². The summed E-state index contributed by atoms with van der Waals surface area (Å²) in [5.41, 5.74) is 5.28. The number of nitrogens with two attached hydrogens (primary N) is 1. The van der Waals surface area contributed by atoms with Gasteiger partial charge >= 0.3 is 6.09 Å². The quantitative estimate of drug-likeness (QED) is 0.144. The molecule has 4 atom stereocenters. The highest BCUT2D eigenvalue weighted by molar-refractivity contribution is 5.96. The van der Waals surface area contributed by atoms with Gasteiger partial charge < -0.3 is 36.3 Å². The largest absolute Gasteiger partial charge is 0.493 e. The lowest BCUT2D eigenvalue weighted by molar-refractivity contribution is -0.127. The number of aliphatic hydroxyl groups excluding tert-OH is 1. The van der Waals surface area contributed by atoms with Gasteiger partial charge in [-0.25, -0.2) is 4.79 Å². The maximum Gasteiger partial charge on any atom is 0.407 e. The van der Waals surface area contributed by atoms with E-state index in [-0.39, 0.29) is 36.0 Å². The highest BCUT2D eigenvalue weighted by atomic mass is 16.6. The van der Waals surface area contributed by atoms with Gasteiger partial charge in [0.25, 0.3) is 5.91 Å². The fourth-order valence-corrected chi connectivity index (χ4v) is 4.68. The number of hydrogen-bond donors (Lipinski definition) is 5. The topological polar surface area (TPSA) is 152 Å². The third-order valence-electron chi connectivity index (χ3n) is 7.40. The summed E-state index contributed by atoms with van der Waals surface area (Å²) in [5.74, 6) is -0.294. The molecule has 6 N–H and O–H groups in total. The SMILES string of the molecule is CCCCNC(=O)[C@@H](C[C@H](O)[C@H](C[C@H](CNC(=O)c1ccccc1OCCCN)C(C)C)NC(=O)OC(C)(C)C)C(C)C. The lowest BCUT2D eigenvalue weighted by Crippen LogP contribution is -2.49. The second-order valence-corrected chi connectivity index (χ2v) is 13.0. The first-order chi connectivity index (χ1) is 20.2. The zero-order valence-electron chi connectivity index (χ0n) is 27.7. The monoisotopic (exact) mass is 606 g/mol. The van der Waals surface area contributed by atoms with Gasteiger partial charge in [0, 0.05) is 19.0 Å². The minimum absolute atomic E-state index is 0.00854. The van der Waals surface area contributed by atoms with E-state index < -0.39 is 29.8 Å². The van der Waals surface area contributed by atoms with Crippen molar-refractivity contribution in [1.82, 2.24) is 16.0 Å². The highest BCUT2D eigenvalue weighted by Crippen LogP contribution is 2.25. The van der Waals surface area contributed by atoms with Crippen molar-refractivity contribution in [2.24, 2.45) is 29.4 Å². The minimum atomic E-state index is -1.01. The van der Waals surface area contributed by atoms with Crippen molar-refractivity contribution in [1.29, 1.82) is 0 Å². The molecule has 0 aliphatic rings. The van der Waals surface area contributed by atoms with Crippen molar-refractivity contribution in [2.75, 3.05) is 26.2 Å². The number of carbonyl (C=O) groups excluding carboxylic acids is 3. The van der Waals surface area contributed by atoms with E-state index >= 15 is 0 Å². The van der Waals surface area contributed by atoms with Gasteiger partial charge in [0.1, 0.15) is 11.4 Å². The summed E-state index contributed by atoms with van der Waals surface area (Å²) in [6, 6.07) is 6.37. The Hall–Kier alpha value is -2.85. The van der Waals surface area contributed by atoms with Crippen LogP contribution in [-0.2, 0) is 9.53 Å². The summed E-state index contributed by atoms with van der Waals surface area (Å²) < 4.78 is 11.3. The maximum absolute atomic E-state index is 13.2. The Labute approximate surface area is 259 Å². The van der Waals surface area contributed by atoms with Crippen LogP contribution in [0.3, 0.4) is 0 Å². The van der Waals surface area contributed by atoms with E-state index in [1.54, 1.807) is 39.0 Å². The normalized spacial score (nSPS) is 14.5. The first-order valence-corrected chi connectivity index (χ1v) is 15.8. The summed E-state index contributed by atoms with van der Waals surface area (Å²) >= 11 is 0. The number of alkyl carbamates (subject to hydrolysis) is 1. The van der Waals surface area contributed by atoms with Crippen LogP contribution in [0.25, 0.3) is 0 Å². The molecule has 0 aliphatic carbocycles. The van der Waals surface area contributed by atoms with Crippen molar-refractivity contribution in [2.45, 2.75) is 105 Å². The van der Waals surface area contributed by atoms with Crippen LogP contribution in [0, 0.1) is 23.7 Å². The number of nitrogens with one attached hydrogen (secondary N) is 3. The summed E-state index contributed by atoms with van der Waals surface area (Å²) in [6.45, 7) is 17.2. The third kappa shape index (κ3) is 14.9. The van der Waals surface area contributed by atoms with Crippen molar-refractivity contribution in [3.8, 4) is 5.75 Å². The number of carbonyl (C=O) groups is 3. The van der Waals surface area contributed by atoms with Crippen LogP contribution in [-0.4, -0.2) is 67.0 Å². The molecule has 1 rings (SSSR count). The third-order valence-corrected chi connectivity index (χ3v) is 7.40. The Morgan fingerprint density at radius 3 is 2.23 bits per heavy atom. The number of amides is 3. The lowest BCUT2D eigenvalue weighted by atomic mass is 9.82. The first-order valence-electron chi connectivity index (χ1n) is 15.8. The summed E-state index contributed by atoms with van der Waals surface area (Å²) in [6.07, 6.45) is 1.43. The molecule has 1 aromatic rings. The number of para-hydroxylation sites is 1. The van der Waals surface area contributed by atoms with E-state index in [2.05, 4.69) is 22.9 Å². The number of benzene rings is 1. The number of rotatable bonds is 19. The van der Waals surface area contributed by atoms with Crippen LogP contribution in [0.15, 0.2) is 24.3 Å². The lowest BCUT2D eigenvalue weighted by Gasteiger charge is -2.33. The fraction of sp³-hybridized carbons (Fsp3) is 0.727. The van der Waals surface area contributed by atoms with Crippen LogP contribution in [0.5, 0.6) is 5.75 Å². The van der Waals surface area contributed by atoms with Crippen molar-refractivity contribution < 1.29 is 29.0 Å². The Morgan fingerprint density at radius 1 is 0.977 bits per heavy atom. The molecular formula is C33H58N4O6. The van der Waals surface area contributed by atoms with Crippen LogP contribution < -0.4 is 26.4 Å². The van der Waals surface area contributed by atoms with E-state index in [0.29, 0.717) is 50.4 Å². The smallest absolute Gasteiger partial charge is 0.407 e. The van der Waals surface area contributed by atoms with Crippen molar-refractivity contribution in [3.63, 3.8) is 0 Å². The first kappa shape index (κ1) is 38.2. The molecule has 0 saturated carbocycles. The predicted molar refractivity (Wildman–Crippen MR) is 171 cm³/mol. The van der Waals surface area contributed by atoms with Gasteiger partial charge in [-0.1, -0.05) is 53.2 Å². The second-order valence-electron chi connectivity index (χ2n) is 13.0. The number of aliphatic hydroxyl groups is 1. The Kier molecular flexibility index (Phi) is 17.3. The molecule has 10 nitrogen and oxygen atoms in total. The zero-order chi connectivity index (χ0) is 32.6. The van der Waals surface area contributed by atoms with Gasteiger partial charge in [0.05, 0.1) is 24.3 Å². The van der Waals surface area contributed by atoms with Gasteiger partial charge in [0.15, 0.2) is 0 Å². The molecule has 0 unspecified atom stereocenters. The molecule has 0 fully saturated rings. The second kappa shape index (κ2) is 19.4. The van der Waals surface area contributed by atoms with Gasteiger partial charge in [-0.3, -0.25) is 9.59 Å². The molecule has 246 valence electrons.